The van der Waals surface area contributed by atoms with Gasteiger partial charge in [0.15, 0.2) is 0 Å². The van der Waals surface area contributed by atoms with E-state index in [9.17, 15) is 0 Å². The van der Waals surface area contributed by atoms with Crippen LogP contribution >= 0.6 is 0 Å². The predicted molar refractivity (Wildman–Crippen MR) is 327 cm³/mol. The van der Waals surface area contributed by atoms with Gasteiger partial charge in [-0.2, -0.15) is 0 Å². The molecule has 1 nitrogen and oxygen atoms in total. The van der Waals surface area contributed by atoms with Crippen LogP contribution in [0.15, 0.2) is 0 Å². The van der Waals surface area contributed by atoms with Crippen molar-refractivity contribution in [1.82, 2.24) is 0 Å². The van der Waals surface area contributed by atoms with Gasteiger partial charge in [0, 0.05) is 6.61 Å². The summed E-state index contributed by atoms with van der Waals surface area (Å²) in [5, 5.41) is 8.84. The molecule has 0 saturated carbocycles. The number of rotatable bonds is 68. The third kappa shape index (κ3) is 70.0. The number of aliphatic hydroxyl groups excluding tert-OH is 1. The van der Waals surface area contributed by atoms with Gasteiger partial charge >= 0.3 is 0 Å². The van der Waals surface area contributed by atoms with Crippen LogP contribution in [0, 0.1) is 0 Å². The lowest BCUT2D eigenvalue weighted by molar-refractivity contribution is 0.282. The molecule has 0 rings (SSSR count). The molecule has 0 radical (unpaired) electrons. The lowest BCUT2D eigenvalue weighted by Gasteiger charge is -2.05. The third-order valence-corrected chi connectivity index (χ3v) is 17.0. The first kappa shape index (κ1) is 71.0. The normalized spacial score (nSPS) is 11.7. The van der Waals surface area contributed by atoms with Gasteiger partial charge in [0.25, 0.3) is 0 Å². The molecule has 0 fully saturated rings. The number of unbranched alkanes of at least 4 members (excludes halogenated alkanes) is 67. The van der Waals surface area contributed by atoms with Crippen LogP contribution < -0.4 is 0 Å². The van der Waals surface area contributed by atoms with E-state index in [1.54, 1.807) is 0 Å². The summed E-state index contributed by atoms with van der Waals surface area (Å²) in [5.41, 5.74) is 0. The van der Waals surface area contributed by atoms with Gasteiger partial charge in [-0.1, -0.05) is 437 Å². The van der Waals surface area contributed by atoms with Crippen LogP contribution in [0.2, 0.25) is 0 Å². The zero-order valence-electron chi connectivity index (χ0n) is 50.2. The van der Waals surface area contributed by atoms with Crippen molar-refractivity contribution in [3.8, 4) is 0 Å². The molecule has 0 aromatic rings. The first-order valence-electron chi connectivity index (χ1n) is 35.0. The molecule has 0 aliphatic rings. The SMILES string of the molecule is CCCCCCCCCCCCCCCCCCCCCCCCCCCCCCCCCCCCCCCCCCCCCCCCCCCCCCCCCCCCCCCCCCCCCCO. The summed E-state index contributed by atoms with van der Waals surface area (Å²) in [4.78, 5) is 0. The van der Waals surface area contributed by atoms with E-state index in [0.29, 0.717) is 6.61 Å². The summed E-state index contributed by atoms with van der Waals surface area (Å²) < 4.78 is 0. The van der Waals surface area contributed by atoms with Crippen LogP contribution in [0.4, 0.5) is 0 Å². The molecule has 0 aromatic heterocycles. The molecule has 0 heterocycles. The maximum absolute atomic E-state index is 8.84. The van der Waals surface area contributed by atoms with Crippen LogP contribution in [0.1, 0.15) is 444 Å². The highest BCUT2D eigenvalue weighted by Gasteiger charge is 2.01. The predicted octanol–water partition coefficient (Wildman–Crippen LogP) is 26.5. The van der Waals surface area contributed by atoms with Crippen molar-refractivity contribution in [3.63, 3.8) is 0 Å². The van der Waals surface area contributed by atoms with Crippen molar-refractivity contribution in [2.75, 3.05) is 6.61 Å². The molecule has 0 atom stereocenters. The van der Waals surface area contributed by atoms with Gasteiger partial charge in [-0.15, -0.1) is 0 Å². The number of hydrogen-bond acceptors (Lipinski definition) is 1. The summed E-state index contributed by atoms with van der Waals surface area (Å²) in [6.45, 7) is 2.69. The molecule has 71 heavy (non-hydrogen) atoms. The zero-order chi connectivity index (χ0) is 50.8. The molecule has 0 amide bonds. The highest BCUT2D eigenvalue weighted by atomic mass is 16.2. The maximum atomic E-state index is 8.84. The highest BCUT2D eigenvalue weighted by molar-refractivity contribution is 4.56. The van der Waals surface area contributed by atoms with E-state index in [4.69, 9.17) is 5.11 Å². The fraction of sp³-hybridized carbons (Fsp3) is 1.00. The minimum atomic E-state index is 0.375. The Morgan fingerprint density at radius 1 is 0.113 bits per heavy atom. The summed E-state index contributed by atoms with van der Waals surface area (Å²) in [6.07, 6.45) is 100.0. The molecule has 0 aliphatic carbocycles. The lowest BCUT2D eigenvalue weighted by atomic mass is 10.0. The van der Waals surface area contributed by atoms with Crippen LogP contribution in [0.5, 0.6) is 0 Å². The Hall–Kier alpha value is -0.0400. The topological polar surface area (TPSA) is 20.2 Å². The van der Waals surface area contributed by atoms with Gasteiger partial charge in [0.1, 0.15) is 0 Å². The van der Waals surface area contributed by atoms with Gasteiger partial charge in [0.05, 0.1) is 0 Å². The molecule has 428 valence electrons. The summed E-state index contributed by atoms with van der Waals surface area (Å²) in [5.74, 6) is 0. The van der Waals surface area contributed by atoms with Crippen molar-refractivity contribution >= 4 is 0 Å². The molecular weight excluding hydrogens is 857 g/mol. The van der Waals surface area contributed by atoms with Crippen LogP contribution in [0.25, 0.3) is 0 Å². The van der Waals surface area contributed by atoms with E-state index in [-0.39, 0.29) is 0 Å². The number of hydrogen-bond donors (Lipinski definition) is 1. The average Bonchev–Trinajstić information content (AvgIpc) is 3.38. The second kappa shape index (κ2) is 70.0. The fourth-order valence-corrected chi connectivity index (χ4v) is 11.9. The Morgan fingerprint density at radius 2 is 0.183 bits per heavy atom. The van der Waals surface area contributed by atoms with Crippen LogP contribution in [-0.2, 0) is 0 Å². The second-order valence-corrected chi connectivity index (χ2v) is 24.4. The van der Waals surface area contributed by atoms with Crippen LogP contribution in [-0.4, -0.2) is 11.7 Å². The van der Waals surface area contributed by atoms with E-state index in [1.807, 2.05) is 0 Å². The highest BCUT2D eigenvalue weighted by Crippen LogP contribution is 2.20. The van der Waals surface area contributed by atoms with E-state index >= 15 is 0 Å². The smallest absolute Gasteiger partial charge is 0.0431 e. The molecule has 0 bridgehead atoms. The number of aliphatic hydroxyl groups is 1. The first-order chi connectivity index (χ1) is 35.4. The van der Waals surface area contributed by atoms with Crippen molar-refractivity contribution < 1.29 is 5.11 Å². The minimum absolute atomic E-state index is 0.375. The monoisotopic (exact) mass is 999 g/mol. The second-order valence-electron chi connectivity index (χ2n) is 24.4. The fourth-order valence-electron chi connectivity index (χ4n) is 11.9. The van der Waals surface area contributed by atoms with Crippen molar-refractivity contribution in [2.45, 2.75) is 444 Å². The van der Waals surface area contributed by atoms with E-state index in [0.717, 1.165) is 6.42 Å². The third-order valence-electron chi connectivity index (χ3n) is 17.0. The van der Waals surface area contributed by atoms with E-state index in [2.05, 4.69) is 6.92 Å². The summed E-state index contributed by atoms with van der Waals surface area (Å²) >= 11 is 0. The molecule has 0 unspecified atom stereocenters. The van der Waals surface area contributed by atoms with Crippen LogP contribution in [0.3, 0.4) is 0 Å². The molecule has 0 saturated heterocycles. The Labute approximate surface area is 453 Å². The van der Waals surface area contributed by atoms with Gasteiger partial charge in [0.2, 0.25) is 0 Å². The lowest BCUT2D eigenvalue weighted by Crippen LogP contribution is -1.85. The van der Waals surface area contributed by atoms with Gasteiger partial charge < -0.3 is 5.11 Å². The standard InChI is InChI=1S/C70H142O/c1-2-3-4-5-6-7-8-9-10-11-12-13-14-15-16-17-18-19-20-21-22-23-24-25-26-27-28-29-30-31-32-33-34-35-36-37-38-39-40-41-42-43-44-45-46-47-48-49-50-51-52-53-54-55-56-57-58-59-60-61-62-63-64-65-66-67-68-69-70-71/h71H,2-70H2,1H3. The molecule has 1 heteroatoms. The molecular formula is C70H142O. The van der Waals surface area contributed by atoms with Crippen molar-refractivity contribution in [3.05, 3.63) is 0 Å². The van der Waals surface area contributed by atoms with Crippen molar-refractivity contribution in [1.29, 1.82) is 0 Å². The summed E-state index contributed by atoms with van der Waals surface area (Å²) in [6, 6.07) is 0. The Kier molecular flexibility index (Phi) is 69.9. The molecule has 0 aromatic carbocycles. The largest absolute Gasteiger partial charge is 0.396 e. The summed E-state index contributed by atoms with van der Waals surface area (Å²) in [7, 11) is 0. The molecule has 0 aliphatic heterocycles. The first-order valence-corrected chi connectivity index (χ1v) is 35.0. The van der Waals surface area contributed by atoms with Gasteiger partial charge in [-0.25, -0.2) is 0 Å². The average molecular weight is 1000 g/mol. The Morgan fingerprint density at radius 3 is 0.254 bits per heavy atom. The van der Waals surface area contributed by atoms with Gasteiger partial charge in [-0.05, 0) is 6.42 Å². The van der Waals surface area contributed by atoms with Gasteiger partial charge in [-0.3, -0.25) is 0 Å². The van der Waals surface area contributed by atoms with Crippen molar-refractivity contribution in [2.24, 2.45) is 0 Å². The molecule has 1 N–H and O–H groups in total. The maximum Gasteiger partial charge on any atom is 0.0431 e. The Bertz CT molecular complexity index is 783. The zero-order valence-corrected chi connectivity index (χ0v) is 50.2. The Balaban J connectivity index is 3.07. The quantitative estimate of drug-likeness (QED) is 0.0602. The van der Waals surface area contributed by atoms with E-state index < -0.39 is 0 Å². The minimum Gasteiger partial charge on any atom is -0.396 e. The molecule has 0 spiro atoms. The van der Waals surface area contributed by atoms with E-state index in [1.165, 1.54) is 430 Å².